The molecule has 0 aromatic rings. The van der Waals surface area contributed by atoms with Gasteiger partial charge in [0, 0.05) is 0 Å². The number of hydrogen-bond donors (Lipinski definition) is 1. The molecule has 0 aliphatic heterocycles. The molecule has 0 aromatic heterocycles. The van der Waals surface area contributed by atoms with Crippen LogP contribution < -0.4 is 0 Å². The predicted octanol–water partition coefficient (Wildman–Crippen LogP) is 1.37. The SMILES string of the molecule is CCCCC(=N)C(=O)OC. The Balaban J connectivity index is 3.52. The van der Waals surface area contributed by atoms with Gasteiger partial charge >= 0.3 is 5.97 Å². The van der Waals surface area contributed by atoms with E-state index in [-0.39, 0.29) is 5.71 Å². The van der Waals surface area contributed by atoms with Crippen LogP contribution in [0.25, 0.3) is 0 Å². The van der Waals surface area contributed by atoms with E-state index in [9.17, 15) is 4.79 Å². The molecule has 0 amide bonds. The molecule has 3 heteroatoms. The van der Waals surface area contributed by atoms with Crippen molar-refractivity contribution < 1.29 is 9.53 Å². The highest BCUT2D eigenvalue weighted by Crippen LogP contribution is 1.96. The van der Waals surface area contributed by atoms with Gasteiger partial charge in [0.1, 0.15) is 5.71 Å². The molecular formula is C7H13NO2. The van der Waals surface area contributed by atoms with Crippen LogP contribution in [0.4, 0.5) is 0 Å². The van der Waals surface area contributed by atoms with Crippen LogP contribution >= 0.6 is 0 Å². The van der Waals surface area contributed by atoms with E-state index < -0.39 is 5.97 Å². The summed E-state index contributed by atoms with van der Waals surface area (Å²) in [4.78, 5) is 10.6. The van der Waals surface area contributed by atoms with Gasteiger partial charge in [-0.15, -0.1) is 0 Å². The second-order valence-corrected chi connectivity index (χ2v) is 2.07. The highest BCUT2D eigenvalue weighted by atomic mass is 16.5. The summed E-state index contributed by atoms with van der Waals surface area (Å²) >= 11 is 0. The summed E-state index contributed by atoms with van der Waals surface area (Å²) in [5.74, 6) is -0.506. The van der Waals surface area contributed by atoms with Gasteiger partial charge < -0.3 is 4.74 Å². The summed E-state index contributed by atoms with van der Waals surface area (Å²) in [5.41, 5.74) is 0.0735. The van der Waals surface area contributed by atoms with Crippen LogP contribution in [-0.2, 0) is 9.53 Å². The molecule has 0 atom stereocenters. The third-order valence-electron chi connectivity index (χ3n) is 1.21. The lowest BCUT2D eigenvalue weighted by Crippen LogP contribution is -2.13. The lowest BCUT2D eigenvalue weighted by molar-refractivity contribution is -0.132. The van der Waals surface area contributed by atoms with Crippen LogP contribution in [0.5, 0.6) is 0 Å². The maximum Gasteiger partial charge on any atom is 0.351 e. The van der Waals surface area contributed by atoms with Gasteiger partial charge in [-0.05, 0) is 12.8 Å². The Labute approximate surface area is 60.9 Å². The first-order valence-electron chi connectivity index (χ1n) is 3.38. The quantitative estimate of drug-likeness (QED) is 0.477. The summed E-state index contributed by atoms with van der Waals surface area (Å²) in [6, 6.07) is 0. The number of ether oxygens (including phenoxy) is 1. The number of unbranched alkanes of at least 4 members (excludes halogenated alkanes) is 1. The van der Waals surface area contributed by atoms with E-state index in [1.807, 2.05) is 6.92 Å². The monoisotopic (exact) mass is 143 g/mol. The zero-order valence-corrected chi connectivity index (χ0v) is 6.44. The van der Waals surface area contributed by atoms with Crippen LogP contribution in [0.2, 0.25) is 0 Å². The predicted molar refractivity (Wildman–Crippen MR) is 39.3 cm³/mol. The van der Waals surface area contributed by atoms with Crippen molar-refractivity contribution >= 4 is 11.7 Å². The van der Waals surface area contributed by atoms with E-state index in [1.165, 1.54) is 7.11 Å². The Bertz CT molecular complexity index is 132. The molecule has 1 N–H and O–H groups in total. The van der Waals surface area contributed by atoms with Crippen molar-refractivity contribution in [2.45, 2.75) is 26.2 Å². The molecule has 58 valence electrons. The van der Waals surface area contributed by atoms with Crippen LogP contribution in [0.3, 0.4) is 0 Å². The van der Waals surface area contributed by atoms with Crippen LogP contribution in [-0.4, -0.2) is 18.8 Å². The maximum absolute atomic E-state index is 10.6. The van der Waals surface area contributed by atoms with E-state index in [4.69, 9.17) is 5.41 Å². The molecule has 0 aliphatic rings. The van der Waals surface area contributed by atoms with Crippen LogP contribution in [0.1, 0.15) is 26.2 Å². The van der Waals surface area contributed by atoms with Gasteiger partial charge in [-0.25, -0.2) is 4.79 Å². The number of nitrogens with one attached hydrogen (secondary N) is 1. The van der Waals surface area contributed by atoms with Crippen molar-refractivity contribution in [3.8, 4) is 0 Å². The van der Waals surface area contributed by atoms with Gasteiger partial charge in [0.25, 0.3) is 0 Å². The molecular weight excluding hydrogens is 130 g/mol. The molecule has 3 nitrogen and oxygen atoms in total. The van der Waals surface area contributed by atoms with Crippen molar-refractivity contribution in [1.29, 1.82) is 5.41 Å². The van der Waals surface area contributed by atoms with Gasteiger partial charge in [-0.1, -0.05) is 13.3 Å². The zero-order chi connectivity index (χ0) is 7.98. The lowest BCUT2D eigenvalue weighted by atomic mass is 10.2. The topological polar surface area (TPSA) is 50.2 Å². The molecule has 0 aromatic carbocycles. The Hall–Kier alpha value is -0.860. The minimum absolute atomic E-state index is 0.0735. The number of methoxy groups -OCH3 is 1. The van der Waals surface area contributed by atoms with Crippen molar-refractivity contribution in [3.63, 3.8) is 0 Å². The summed E-state index contributed by atoms with van der Waals surface area (Å²) in [5, 5.41) is 7.12. The molecule has 0 rings (SSSR count). The zero-order valence-electron chi connectivity index (χ0n) is 6.44. The molecule has 0 unspecified atom stereocenters. The fourth-order valence-corrected chi connectivity index (χ4v) is 0.579. The Morgan fingerprint density at radius 2 is 2.20 bits per heavy atom. The van der Waals surface area contributed by atoms with Gasteiger partial charge in [-0.3, -0.25) is 5.41 Å². The third-order valence-corrected chi connectivity index (χ3v) is 1.21. The van der Waals surface area contributed by atoms with Crippen LogP contribution in [0, 0.1) is 5.41 Å². The highest BCUT2D eigenvalue weighted by Gasteiger charge is 2.06. The maximum atomic E-state index is 10.6. The first-order chi connectivity index (χ1) is 4.72. The first-order valence-corrected chi connectivity index (χ1v) is 3.38. The van der Waals surface area contributed by atoms with Crippen molar-refractivity contribution in [2.24, 2.45) is 0 Å². The molecule has 0 saturated heterocycles. The summed E-state index contributed by atoms with van der Waals surface area (Å²) in [6.07, 6.45) is 2.41. The normalized spacial score (nSPS) is 9.00. The number of hydrogen-bond acceptors (Lipinski definition) is 3. The molecule has 0 bridgehead atoms. The second-order valence-electron chi connectivity index (χ2n) is 2.07. The average molecular weight is 143 g/mol. The molecule has 10 heavy (non-hydrogen) atoms. The fraction of sp³-hybridized carbons (Fsp3) is 0.714. The minimum Gasteiger partial charge on any atom is -0.465 e. The molecule has 0 heterocycles. The highest BCUT2D eigenvalue weighted by molar-refractivity contribution is 6.34. The van der Waals surface area contributed by atoms with E-state index >= 15 is 0 Å². The summed E-state index contributed by atoms with van der Waals surface area (Å²) in [7, 11) is 1.29. The second kappa shape index (κ2) is 4.97. The molecule has 0 aliphatic carbocycles. The number of rotatable bonds is 4. The van der Waals surface area contributed by atoms with Crippen LogP contribution in [0.15, 0.2) is 0 Å². The van der Waals surface area contributed by atoms with Crippen molar-refractivity contribution in [3.05, 3.63) is 0 Å². The Morgan fingerprint density at radius 3 is 2.60 bits per heavy atom. The minimum atomic E-state index is -0.506. The number of carbonyl (C=O) groups is 1. The van der Waals surface area contributed by atoms with E-state index in [1.54, 1.807) is 0 Å². The van der Waals surface area contributed by atoms with Gasteiger partial charge in [0.05, 0.1) is 7.11 Å². The smallest absolute Gasteiger partial charge is 0.351 e. The Morgan fingerprint density at radius 1 is 1.60 bits per heavy atom. The van der Waals surface area contributed by atoms with E-state index in [0.29, 0.717) is 6.42 Å². The van der Waals surface area contributed by atoms with Gasteiger partial charge in [0.15, 0.2) is 0 Å². The largest absolute Gasteiger partial charge is 0.465 e. The van der Waals surface area contributed by atoms with Crippen molar-refractivity contribution in [2.75, 3.05) is 7.11 Å². The number of carbonyl (C=O) groups excluding carboxylic acids is 1. The van der Waals surface area contributed by atoms with Gasteiger partial charge in [-0.2, -0.15) is 0 Å². The fourth-order valence-electron chi connectivity index (χ4n) is 0.579. The number of esters is 1. The Kier molecular flexibility index (Phi) is 4.54. The average Bonchev–Trinajstić information content (AvgIpc) is 1.98. The van der Waals surface area contributed by atoms with E-state index in [2.05, 4.69) is 4.74 Å². The first kappa shape index (κ1) is 9.14. The van der Waals surface area contributed by atoms with Crippen molar-refractivity contribution in [1.82, 2.24) is 0 Å². The standard InChI is InChI=1S/C7H13NO2/c1-3-4-5-6(8)7(9)10-2/h8H,3-5H2,1-2H3. The molecule has 0 fully saturated rings. The summed E-state index contributed by atoms with van der Waals surface area (Å²) in [6.45, 7) is 2.02. The molecule has 0 saturated carbocycles. The van der Waals surface area contributed by atoms with E-state index in [0.717, 1.165) is 12.8 Å². The molecule has 0 spiro atoms. The third kappa shape index (κ3) is 3.22. The summed E-state index contributed by atoms with van der Waals surface area (Å²) < 4.78 is 4.35. The van der Waals surface area contributed by atoms with Gasteiger partial charge in [0.2, 0.25) is 0 Å². The lowest BCUT2D eigenvalue weighted by Gasteiger charge is -1.98. The molecule has 0 radical (unpaired) electrons.